The number of rotatable bonds is 7. The molecular formula is C13H20N2O5. The third kappa shape index (κ3) is 4.06. The zero-order chi connectivity index (χ0) is 15.1. The van der Waals surface area contributed by atoms with Crippen molar-refractivity contribution in [1.29, 1.82) is 0 Å². The molecule has 0 atom stereocenters. The zero-order valence-electron chi connectivity index (χ0n) is 12.3. The maximum Gasteiger partial charge on any atom is 0.307 e. The van der Waals surface area contributed by atoms with E-state index in [2.05, 4.69) is 9.89 Å². The normalized spacial score (nSPS) is 10.4. The third-order valence-corrected chi connectivity index (χ3v) is 2.91. The Morgan fingerprint density at radius 3 is 2.45 bits per heavy atom. The topological polar surface area (TPSA) is 81.9 Å². The Hall–Kier alpha value is -1.89. The van der Waals surface area contributed by atoms with Gasteiger partial charge < -0.3 is 18.9 Å². The van der Waals surface area contributed by atoms with Crippen LogP contribution in [0.2, 0.25) is 0 Å². The summed E-state index contributed by atoms with van der Waals surface area (Å²) in [5.41, 5.74) is 0.971. The Morgan fingerprint density at radius 2 is 1.95 bits per heavy atom. The molecule has 1 amide bonds. The summed E-state index contributed by atoms with van der Waals surface area (Å²) in [6.07, 6.45) is 0.134. The first-order valence-electron chi connectivity index (χ1n) is 6.29. The van der Waals surface area contributed by atoms with Gasteiger partial charge in [-0.2, -0.15) is 0 Å². The average molecular weight is 284 g/mol. The molecule has 0 aliphatic carbocycles. The van der Waals surface area contributed by atoms with Crippen LogP contribution < -0.4 is 0 Å². The van der Waals surface area contributed by atoms with Gasteiger partial charge in [0.05, 0.1) is 25.8 Å². The molecule has 0 fully saturated rings. The lowest BCUT2D eigenvalue weighted by Crippen LogP contribution is -2.36. The van der Waals surface area contributed by atoms with Gasteiger partial charge in [-0.3, -0.25) is 9.59 Å². The highest BCUT2D eigenvalue weighted by atomic mass is 16.5. The van der Waals surface area contributed by atoms with Gasteiger partial charge in [0, 0.05) is 20.2 Å². The Balaban J connectivity index is 2.81. The van der Waals surface area contributed by atoms with E-state index in [0.717, 1.165) is 0 Å². The van der Waals surface area contributed by atoms with E-state index in [-0.39, 0.29) is 24.8 Å². The molecule has 0 saturated carbocycles. The van der Waals surface area contributed by atoms with Crippen molar-refractivity contribution in [3.05, 3.63) is 17.0 Å². The molecule has 112 valence electrons. The van der Waals surface area contributed by atoms with Crippen molar-refractivity contribution in [3.8, 4) is 0 Å². The zero-order valence-corrected chi connectivity index (χ0v) is 12.3. The van der Waals surface area contributed by atoms with Crippen LogP contribution in [0.3, 0.4) is 0 Å². The number of nitrogens with zero attached hydrogens (tertiary/aromatic N) is 2. The molecule has 1 heterocycles. The van der Waals surface area contributed by atoms with Gasteiger partial charge in [-0.15, -0.1) is 0 Å². The van der Waals surface area contributed by atoms with Crippen molar-refractivity contribution >= 4 is 11.9 Å². The largest absolute Gasteiger partial charge is 0.469 e. The number of amides is 1. The summed E-state index contributed by atoms with van der Waals surface area (Å²) in [7, 11) is 2.87. The van der Waals surface area contributed by atoms with E-state index in [0.29, 0.717) is 30.2 Å². The highest BCUT2D eigenvalue weighted by Crippen LogP contribution is 2.15. The molecular weight excluding hydrogens is 264 g/mol. The second-order valence-electron chi connectivity index (χ2n) is 4.31. The van der Waals surface area contributed by atoms with E-state index in [1.54, 1.807) is 21.0 Å². The summed E-state index contributed by atoms with van der Waals surface area (Å²) in [5, 5.41) is 3.77. The van der Waals surface area contributed by atoms with E-state index in [9.17, 15) is 9.59 Å². The van der Waals surface area contributed by atoms with Gasteiger partial charge in [0.2, 0.25) is 0 Å². The molecule has 7 heteroatoms. The quantitative estimate of drug-likeness (QED) is 0.693. The molecule has 0 spiro atoms. The highest BCUT2D eigenvalue weighted by Gasteiger charge is 2.23. The van der Waals surface area contributed by atoms with Crippen molar-refractivity contribution in [1.82, 2.24) is 10.1 Å². The maximum atomic E-state index is 12.5. The lowest BCUT2D eigenvalue weighted by molar-refractivity contribution is -0.140. The fraction of sp³-hybridized carbons (Fsp3) is 0.615. The molecule has 0 unspecified atom stereocenters. The minimum absolute atomic E-state index is 0.134. The van der Waals surface area contributed by atoms with Crippen molar-refractivity contribution < 1.29 is 23.6 Å². The summed E-state index contributed by atoms with van der Waals surface area (Å²) in [6.45, 7) is 4.42. The van der Waals surface area contributed by atoms with Crippen LogP contribution in [-0.4, -0.2) is 55.8 Å². The number of hydrogen-bond acceptors (Lipinski definition) is 6. The molecule has 0 N–H and O–H groups in total. The Kier molecular flexibility index (Phi) is 6.17. The Morgan fingerprint density at radius 1 is 1.25 bits per heavy atom. The van der Waals surface area contributed by atoms with Gasteiger partial charge in [0.15, 0.2) is 0 Å². The molecule has 1 aromatic heterocycles. The number of methoxy groups -OCH3 is 2. The molecule has 20 heavy (non-hydrogen) atoms. The smallest absolute Gasteiger partial charge is 0.307 e. The predicted octanol–water partition coefficient (Wildman–Crippen LogP) is 0.943. The molecule has 1 aromatic rings. The molecule has 0 radical (unpaired) electrons. The molecule has 0 bridgehead atoms. The molecule has 0 saturated heterocycles. The minimum Gasteiger partial charge on any atom is -0.469 e. The highest BCUT2D eigenvalue weighted by molar-refractivity contribution is 5.96. The van der Waals surface area contributed by atoms with Crippen LogP contribution in [0.25, 0.3) is 0 Å². The first kappa shape index (κ1) is 16.2. The van der Waals surface area contributed by atoms with Crippen molar-refractivity contribution in [2.24, 2.45) is 0 Å². The number of carbonyl (C=O) groups is 2. The van der Waals surface area contributed by atoms with Crippen LogP contribution in [0.1, 0.15) is 28.2 Å². The number of esters is 1. The molecule has 1 rings (SSSR count). The van der Waals surface area contributed by atoms with Crippen molar-refractivity contribution in [2.45, 2.75) is 20.3 Å². The number of aryl methyl sites for hydroxylation is 2. The van der Waals surface area contributed by atoms with Crippen LogP contribution >= 0.6 is 0 Å². The van der Waals surface area contributed by atoms with Gasteiger partial charge in [-0.05, 0) is 13.8 Å². The number of ether oxygens (including phenoxy) is 2. The molecule has 0 aromatic carbocycles. The summed E-state index contributed by atoms with van der Waals surface area (Å²) in [4.78, 5) is 25.2. The number of aromatic nitrogens is 1. The van der Waals surface area contributed by atoms with Gasteiger partial charge in [-0.1, -0.05) is 5.16 Å². The summed E-state index contributed by atoms with van der Waals surface area (Å²) in [5.74, 6) is -0.117. The fourth-order valence-corrected chi connectivity index (χ4v) is 1.79. The lowest BCUT2D eigenvalue weighted by atomic mass is 10.1. The Bertz CT molecular complexity index is 450. The van der Waals surface area contributed by atoms with E-state index in [1.165, 1.54) is 12.0 Å². The van der Waals surface area contributed by atoms with E-state index >= 15 is 0 Å². The second kappa shape index (κ2) is 7.64. The number of hydrogen-bond donors (Lipinski definition) is 0. The van der Waals surface area contributed by atoms with E-state index < -0.39 is 0 Å². The summed E-state index contributed by atoms with van der Waals surface area (Å²) in [6, 6.07) is 0. The molecule has 0 aliphatic rings. The number of carbonyl (C=O) groups excluding carboxylic acids is 2. The van der Waals surface area contributed by atoms with Gasteiger partial charge in [0.1, 0.15) is 11.3 Å². The maximum absolute atomic E-state index is 12.5. The van der Waals surface area contributed by atoms with E-state index in [4.69, 9.17) is 9.26 Å². The summed E-state index contributed by atoms with van der Waals surface area (Å²) < 4.78 is 14.6. The monoisotopic (exact) mass is 284 g/mol. The third-order valence-electron chi connectivity index (χ3n) is 2.91. The van der Waals surface area contributed by atoms with Crippen LogP contribution in [0, 0.1) is 13.8 Å². The van der Waals surface area contributed by atoms with Crippen molar-refractivity contribution in [2.75, 3.05) is 33.9 Å². The first-order chi connectivity index (χ1) is 9.51. The predicted molar refractivity (Wildman–Crippen MR) is 70.4 cm³/mol. The van der Waals surface area contributed by atoms with Gasteiger partial charge >= 0.3 is 5.97 Å². The van der Waals surface area contributed by atoms with Gasteiger partial charge in [0.25, 0.3) is 5.91 Å². The molecule has 7 nitrogen and oxygen atoms in total. The van der Waals surface area contributed by atoms with E-state index in [1.807, 2.05) is 0 Å². The summed E-state index contributed by atoms with van der Waals surface area (Å²) >= 11 is 0. The van der Waals surface area contributed by atoms with Crippen LogP contribution in [-0.2, 0) is 14.3 Å². The van der Waals surface area contributed by atoms with Gasteiger partial charge in [-0.25, -0.2) is 0 Å². The van der Waals surface area contributed by atoms with Crippen LogP contribution in [0.4, 0.5) is 0 Å². The minimum atomic E-state index is -0.362. The van der Waals surface area contributed by atoms with Crippen LogP contribution in [0.15, 0.2) is 4.52 Å². The lowest BCUT2D eigenvalue weighted by Gasteiger charge is -2.21. The van der Waals surface area contributed by atoms with Crippen LogP contribution in [0.5, 0.6) is 0 Å². The average Bonchev–Trinajstić information content (AvgIpc) is 2.77. The second-order valence-corrected chi connectivity index (χ2v) is 4.31. The molecule has 0 aliphatic heterocycles. The standard InChI is InChI=1S/C13H20N2O5/c1-9-12(10(2)20-14-9)13(17)15(7-8-18-3)6-5-11(16)19-4/h5-8H2,1-4H3. The first-order valence-corrected chi connectivity index (χ1v) is 6.29. The van der Waals surface area contributed by atoms with Crippen molar-refractivity contribution in [3.63, 3.8) is 0 Å². The Labute approximate surface area is 117 Å². The fourth-order valence-electron chi connectivity index (χ4n) is 1.79. The SMILES string of the molecule is COCCN(CCC(=O)OC)C(=O)c1c(C)noc1C.